The summed E-state index contributed by atoms with van der Waals surface area (Å²) < 4.78 is 29.0. The van der Waals surface area contributed by atoms with E-state index in [4.69, 9.17) is 9.92 Å². The molecule has 0 fully saturated rings. The number of primary amides is 1. The van der Waals surface area contributed by atoms with Gasteiger partial charge in [-0.3, -0.25) is 4.79 Å². The maximum atomic E-state index is 12.0. The third-order valence-electron chi connectivity index (χ3n) is 3.17. The van der Waals surface area contributed by atoms with Crippen LogP contribution in [-0.2, 0) is 14.9 Å². The van der Waals surface area contributed by atoms with Crippen molar-refractivity contribution < 1.29 is 17.4 Å². The van der Waals surface area contributed by atoms with E-state index >= 15 is 0 Å². The van der Waals surface area contributed by atoms with Crippen LogP contribution in [0.1, 0.15) is 17.9 Å². The first-order chi connectivity index (χ1) is 10.5. The zero-order valence-corrected chi connectivity index (χ0v) is 12.7. The standard InChI is InChI=1S/C16H17NO4S/c17-16(18)15(13-7-3-1-4-8-13)11-12-22(19,20)21-14-9-5-2-6-10-14/h1-10,15H,11-12H2,(H2,17,18). The molecule has 0 spiro atoms. The summed E-state index contributed by atoms with van der Waals surface area (Å²) in [7, 11) is -3.78. The topological polar surface area (TPSA) is 86.5 Å². The first-order valence-electron chi connectivity index (χ1n) is 6.79. The predicted molar refractivity (Wildman–Crippen MR) is 83.9 cm³/mol. The van der Waals surface area contributed by atoms with Crippen molar-refractivity contribution in [1.82, 2.24) is 0 Å². The maximum absolute atomic E-state index is 12.0. The van der Waals surface area contributed by atoms with Crippen molar-refractivity contribution in [3.05, 3.63) is 66.2 Å². The van der Waals surface area contributed by atoms with E-state index in [-0.39, 0.29) is 17.9 Å². The number of para-hydroxylation sites is 1. The number of hydrogen-bond acceptors (Lipinski definition) is 4. The largest absolute Gasteiger partial charge is 0.382 e. The van der Waals surface area contributed by atoms with Gasteiger partial charge in [0.25, 0.3) is 0 Å². The number of hydrogen-bond donors (Lipinski definition) is 1. The van der Waals surface area contributed by atoms with E-state index in [1.807, 2.05) is 6.07 Å². The Morgan fingerprint density at radius 2 is 1.55 bits per heavy atom. The van der Waals surface area contributed by atoms with Gasteiger partial charge in [-0.1, -0.05) is 48.5 Å². The Morgan fingerprint density at radius 1 is 1.00 bits per heavy atom. The van der Waals surface area contributed by atoms with Crippen LogP contribution < -0.4 is 9.92 Å². The Morgan fingerprint density at radius 3 is 2.09 bits per heavy atom. The molecular weight excluding hydrogens is 302 g/mol. The summed E-state index contributed by atoms with van der Waals surface area (Å²) in [5.41, 5.74) is 6.08. The number of amides is 1. The monoisotopic (exact) mass is 319 g/mol. The first-order valence-corrected chi connectivity index (χ1v) is 8.37. The van der Waals surface area contributed by atoms with Gasteiger partial charge >= 0.3 is 10.1 Å². The fourth-order valence-corrected chi connectivity index (χ4v) is 3.10. The molecule has 0 bridgehead atoms. The second-order valence-corrected chi connectivity index (χ2v) is 6.50. The minimum Gasteiger partial charge on any atom is -0.382 e. The molecule has 2 rings (SSSR count). The summed E-state index contributed by atoms with van der Waals surface area (Å²) in [6.07, 6.45) is 0.0779. The molecule has 0 aromatic heterocycles. The van der Waals surface area contributed by atoms with Crippen molar-refractivity contribution in [3.63, 3.8) is 0 Å². The molecule has 116 valence electrons. The van der Waals surface area contributed by atoms with Crippen molar-refractivity contribution in [2.24, 2.45) is 5.73 Å². The Balaban J connectivity index is 2.04. The van der Waals surface area contributed by atoms with E-state index in [9.17, 15) is 13.2 Å². The molecule has 0 saturated heterocycles. The molecule has 6 heteroatoms. The van der Waals surface area contributed by atoms with Gasteiger partial charge in [-0.05, 0) is 24.1 Å². The lowest BCUT2D eigenvalue weighted by molar-refractivity contribution is -0.119. The normalized spacial score (nSPS) is 12.5. The molecule has 22 heavy (non-hydrogen) atoms. The average molecular weight is 319 g/mol. The molecule has 1 atom stereocenters. The summed E-state index contributed by atoms with van der Waals surface area (Å²) >= 11 is 0. The van der Waals surface area contributed by atoms with Crippen molar-refractivity contribution in [2.45, 2.75) is 12.3 Å². The van der Waals surface area contributed by atoms with Crippen LogP contribution in [0.15, 0.2) is 60.7 Å². The van der Waals surface area contributed by atoms with Crippen LogP contribution in [0.4, 0.5) is 0 Å². The van der Waals surface area contributed by atoms with Crippen LogP contribution in [0.3, 0.4) is 0 Å². The van der Waals surface area contributed by atoms with Gasteiger partial charge < -0.3 is 9.92 Å². The highest BCUT2D eigenvalue weighted by Gasteiger charge is 2.22. The Labute approximate surface area is 129 Å². The lowest BCUT2D eigenvalue weighted by Gasteiger charge is -2.14. The summed E-state index contributed by atoms with van der Waals surface area (Å²) in [6, 6.07) is 17.1. The van der Waals surface area contributed by atoms with E-state index in [0.717, 1.165) is 0 Å². The summed E-state index contributed by atoms with van der Waals surface area (Å²) in [6.45, 7) is 0. The summed E-state index contributed by atoms with van der Waals surface area (Å²) in [5, 5.41) is 0. The Kier molecular flexibility index (Phi) is 5.16. The third-order valence-corrected chi connectivity index (χ3v) is 4.35. The second kappa shape index (κ2) is 7.09. The number of carbonyl (C=O) groups is 1. The Hall–Kier alpha value is -2.34. The minimum absolute atomic E-state index is 0.0779. The predicted octanol–water partition coefficient (Wildman–Crippen LogP) is 2.05. The smallest absolute Gasteiger partial charge is 0.309 e. The summed E-state index contributed by atoms with van der Waals surface area (Å²) in [5.74, 6) is -1.25. The van der Waals surface area contributed by atoms with Gasteiger partial charge in [0, 0.05) is 0 Å². The molecule has 2 aromatic rings. The summed E-state index contributed by atoms with van der Waals surface area (Å²) in [4.78, 5) is 11.6. The number of carbonyl (C=O) groups excluding carboxylic acids is 1. The minimum atomic E-state index is -3.78. The molecule has 0 aliphatic rings. The molecule has 5 nitrogen and oxygen atoms in total. The molecule has 0 radical (unpaired) electrons. The number of rotatable bonds is 7. The van der Waals surface area contributed by atoms with Crippen LogP contribution in [0.5, 0.6) is 5.75 Å². The lowest BCUT2D eigenvalue weighted by atomic mass is 9.96. The number of benzene rings is 2. The van der Waals surface area contributed by atoms with Crippen LogP contribution in [0.2, 0.25) is 0 Å². The van der Waals surface area contributed by atoms with E-state index in [0.29, 0.717) is 5.56 Å². The van der Waals surface area contributed by atoms with E-state index in [1.54, 1.807) is 54.6 Å². The molecule has 2 N–H and O–H groups in total. The van der Waals surface area contributed by atoms with E-state index in [1.165, 1.54) is 0 Å². The molecule has 1 amide bonds. The molecular formula is C16H17NO4S. The van der Waals surface area contributed by atoms with Gasteiger partial charge in [-0.2, -0.15) is 8.42 Å². The first kappa shape index (κ1) is 16.0. The highest BCUT2D eigenvalue weighted by Crippen LogP contribution is 2.21. The number of nitrogens with two attached hydrogens (primary N) is 1. The van der Waals surface area contributed by atoms with Gasteiger partial charge in [0.2, 0.25) is 5.91 Å². The van der Waals surface area contributed by atoms with Gasteiger partial charge in [0.1, 0.15) is 5.75 Å². The van der Waals surface area contributed by atoms with Crippen LogP contribution >= 0.6 is 0 Å². The van der Waals surface area contributed by atoms with Gasteiger partial charge in [-0.15, -0.1) is 0 Å². The van der Waals surface area contributed by atoms with Gasteiger partial charge in [-0.25, -0.2) is 0 Å². The highest BCUT2D eigenvalue weighted by atomic mass is 32.2. The van der Waals surface area contributed by atoms with Crippen LogP contribution in [0, 0.1) is 0 Å². The molecule has 0 heterocycles. The fourth-order valence-electron chi connectivity index (χ4n) is 2.09. The van der Waals surface area contributed by atoms with Gasteiger partial charge in [0.05, 0.1) is 11.7 Å². The maximum Gasteiger partial charge on any atom is 0.309 e. The van der Waals surface area contributed by atoms with Crippen LogP contribution in [0.25, 0.3) is 0 Å². The molecule has 0 saturated carbocycles. The highest BCUT2D eigenvalue weighted by molar-refractivity contribution is 7.87. The molecule has 0 aliphatic carbocycles. The zero-order chi connectivity index (χ0) is 16.0. The SMILES string of the molecule is NC(=O)C(CCS(=O)(=O)Oc1ccccc1)c1ccccc1. The third kappa shape index (κ3) is 4.60. The van der Waals surface area contributed by atoms with Crippen LogP contribution in [-0.4, -0.2) is 20.1 Å². The molecule has 1 unspecified atom stereocenters. The van der Waals surface area contributed by atoms with Crippen molar-refractivity contribution in [3.8, 4) is 5.75 Å². The zero-order valence-electron chi connectivity index (χ0n) is 11.9. The van der Waals surface area contributed by atoms with Gasteiger partial charge in [0.15, 0.2) is 0 Å². The van der Waals surface area contributed by atoms with Crippen molar-refractivity contribution in [1.29, 1.82) is 0 Å². The quantitative estimate of drug-likeness (QED) is 0.791. The molecule has 2 aromatic carbocycles. The van der Waals surface area contributed by atoms with Crippen molar-refractivity contribution >= 4 is 16.0 Å². The van der Waals surface area contributed by atoms with E-state index in [2.05, 4.69) is 0 Å². The average Bonchev–Trinajstić information content (AvgIpc) is 2.48. The molecule has 0 aliphatic heterocycles. The second-order valence-electron chi connectivity index (χ2n) is 4.81. The Bertz CT molecular complexity index is 714. The lowest BCUT2D eigenvalue weighted by Crippen LogP contribution is -2.25. The van der Waals surface area contributed by atoms with Crippen molar-refractivity contribution in [2.75, 3.05) is 5.75 Å². The fraction of sp³-hybridized carbons (Fsp3) is 0.188. The van der Waals surface area contributed by atoms with E-state index < -0.39 is 21.9 Å².